The second-order valence-corrected chi connectivity index (χ2v) is 3.49. The molecule has 0 radical (unpaired) electrons. The van der Waals surface area contributed by atoms with Crippen LogP contribution in [0.4, 0.5) is 0 Å². The highest BCUT2D eigenvalue weighted by molar-refractivity contribution is 5.91. The topological polar surface area (TPSA) is 67.4 Å². The molecule has 0 atom stereocenters. The number of carbonyl (C=O) groups excluding carboxylic acids is 1. The monoisotopic (exact) mass is 222 g/mol. The maximum atomic E-state index is 11.6. The van der Waals surface area contributed by atoms with Crippen molar-refractivity contribution in [3.63, 3.8) is 0 Å². The van der Waals surface area contributed by atoms with Crippen LogP contribution >= 0.6 is 0 Å². The van der Waals surface area contributed by atoms with Crippen LogP contribution in [0.3, 0.4) is 0 Å². The predicted octanol–water partition coefficient (Wildman–Crippen LogP) is -0.504. The van der Waals surface area contributed by atoms with E-state index >= 15 is 0 Å². The van der Waals surface area contributed by atoms with Gasteiger partial charge in [-0.3, -0.25) is 9.69 Å². The lowest BCUT2D eigenvalue weighted by atomic mass is 10.4. The highest BCUT2D eigenvalue weighted by atomic mass is 16.5. The third kappa shape index (κ3) is 2.98. The van der Waals surface area contributed by atoms with E-state index in [0.717, 1.165) is 26.3 Å². The molecule has 1 aromatic rings. The van der Waals surface area contributed by atoms with Crippen molar-refractivity contribution in [3.8, 4) is 0 Å². The van der Waals surface area contributed by atoms with Crippen molar-refractivity contribution < 1.29 is 9.53 Å². The van der Waals surface area contributed by atoms with Gasteiger partial charge in [-0.05, 0) is 6.07 Å². The zero-order valence-electron chi connectivity index (χ0n) is 8.93. The molecular weight excluding hydrogens is 208 g/mol. The molecule has 86 valence electrons. The standard InChI is InChI=1S/C10H14N4O2/c15-10(9-1-2-11-7-12-9)13-8-14-3-5-16-6-4-14/h1-2,7H,3-6,8H2,(H,13,15). The predicted molar refractivity (Wildman–Crippen MR) is 56.8 cm³/mol. The third-order valence-electron chi connectivity index (χ3n) is 2.38. The lowest BCUT2D eigenvalue weighted by Crippen LogP contribution is -2.43. The fourth-order valence-electron chi connectivity index (χ4n) is 1.46. The summed E-state index contributed by atoms with van der Waals surface area (Å²) in [4.78, 5) is 21.4. The highest BCUT2D eigenvalue weighted by Crippen LogP contribution is 1.95. The van der Waals surface area contributed by atoms with Gasteiger partial charge in [-0.2, -0.15) is 0 Å². The number of aromatic nitrogens is 2. The van der Waals surface area contributed by atoms with Crippen LogP contribution < -0.4 is 5.32 Å². The van der Waals surface area contributed by atoms with Crippen LogP contribution in [-0.2, 0) is 4.74 Å². The van der Waals surface area contributed by atoms with Crippen LogP contribution in [0, 0.1) is 0 Å². The minimum atomic E-state index is -0.172. The molecule has 1 saturated heterocycles. The van der Waals surface area contributed by atoms with Gasteiger partial charge in [0, 0.05) is 19.3 Å². The van der Waals surface area contributed by atoms with E-state index in [1.54, 1.807) is 12.3 Å². The minimum Gasteiger partial charge on any atom is -0.379 e. The zero-order valence-corrected chi connectivity index (χ0v) is 8.93. The first-order valence-corrected chi connectivity index (χ1v) is 5.20. The Labute approximate surface area is 93.6 Å². The number of nitrogens with one attached hydrogen (secondary N) is 1. The number of amides is 1. The summed E-state index contributed by atoms with van der Waals surface area (Å²) in [5, 5.41) is 2.81. The van der Waals surface area contributed by atoms with Crippen molar-refractivity contribution >= 4 is 5.91 Å². The van der Waals surface area contributed by atoms with Crippen LogP contribution in [0.25, 0.3) is 0 Å². The van der Waals surface area contributed by atoms with E-state index in [0.29, 0.717) is 12.4 Å². The number of nitrogens with zero attached hydrogens (tertiary/aromatic N) is 3. The van der Waals surface area contributed by atoms with E-state index in [1.165, 1.54) is 6.33 Å². The molecule has 1 amide bonds. The quantitative estimate of drug-likeness (QED) is 0.746. The molecule has 1 aromatic heterocycles. The van der Waals surface area contributed by atoms with Crippen LogP contribution in [0.15, 0.2) is 18.6 Å². The maximum Gasteiger partial charge on any atom is 0.271 e. The molecule has 2 rings (SSSR count). The number of rotatable bonds is 3. The summed E-state index contributed by atoms with van der Waals surface area (Å²) in [6, 6.07) is 1.59. The molecule has 1 aliphatic heterocycles. The van der Waals surface area contributed by atoms with Crippen LogP contribution in [0.5, 0.6) is 0 Å². The molecule has 0 aromatic carbocycles. The summed E-state index contributed by atoms with van der Waals surface area (Å²) in [5.74, 6) is -0.172. The SMILES string of the molecule is O=C(NCN1CCOCC1)c1ccncn1. The second kappa shape index (κ2) is 5.53. The van der Waals surface area contributed by atoms with E-state index in [2.05, 4.69) is 20.2 Å². The average Bonchev–Trinajstić information content (AvgIpc) is 2.38. The Morgan fingerprint density at radius 2 is 2.31 bits per heavy atom. The van der Waals surface area contributed by atoms with Gasteiger partial charge < -0.3 is 10.1 Å². The molecule has 1 N–H and O–H groups in total. The highest BCUT2D eigenvalue weighted by Gasteiger charge is 2.12. The van der Waals surface area contributed by atoms with E-state index < -0.39 is 0 Å². The van der Waals surface area contributed by atoms with Gasteiger partial charge in [-0.1, -0.05) is 0 Å². The van der Waals surface area contributed by atoms with E-state index in [4.69, 9.17) is 4.74 Å². The first-order valence-electron chi connectivity index (χ1n) is 5.20. The van der Waals surface area contributed by atoms with Gasteiger partial charge in [0.05, 0.1) is 19.9 Å². The number of carbonyl (C=O) groups is 1. The van der Waals surface area contributed by atoms with Crippen molar-refractivity contribution in [1.29, 1.82) is 0 Å². The smallest absolute Gasteiger partial charge is 0.271 e. The number of hydrogen-bond acceptors (Lipinski definition) is 5. The Hall–Kier alpha value is -1.53. The summed E-state index contributed by atoms with van der Waals surface area (Å²) in [7, 11) is 0. The number of morpholine rings is 1. The Bertz CT molecular complexity index is 338. The average molecular weight is 222 g/mol. The van der Waals surface area contributed by atoms with E-state index in [1.807, 2.05) is 0 Å². The first-order chi connectivity index (χ1) is 7.86. The normalized spacial score (nSPS) is 17.0. The Balaban J connectivity index is 1.79. The van der Waals surface area contributed by atoms with Crippen LogP contribution in [-0.4, -0.2) is 53.7 Å². The van der Waals surface area contributed by atoms with Gasteiger partial charge in [-0.25, -0.2) is 9.97 Å². The minimum absolute atomic E-state index is 0.172. The molecule has 2 heterocycles. The molecule has 0 spiro atoms. The molecule has 0 saturated carbocycles. The van der Waals surface area contributed by atoms with Gasteiger partial charge in [0.15, 0.2) is 0 Å². The summed E-state index contributed by atoms with van der Waals surface area (Å²) in [5.41, 5.74) is 0.392. The summed E-state index contributed by atoms with van der Waals surface area (Å²) in [6.07, 6.45) is 2.92. The van der Waals surface area contributed by atoms with E-state index in [9.17, 15) is 4.79 Å². The fourth-order valence-corrected chi connectivity index (χ4v) is 1.46. The van der Waals surface area contributed by atoms with Crippen LogP contribution in [0.1, 0.15) is 10.5 Å². The van der Waals surface area contributed by atoms with Crippen molar-refractivity contribution in [3.05, 3.63) is 24.3 Å². The largest absolute Gasteiger partial charge is 0.379 e. The van der Waals surface area contributed by atoms with Crippen molar-refractivity contribution in [1.82, 2.24) is 20.2 Å². The van der Waals surface area contributed by atoms with Crippen LogP contribution in [0.2, 0.25) is 0 Å². The van der Waals surface area contributed by atoms with Crippen molar-refractivity contribution in [2.24, 2.45) is 0 Å². The Kier molecular flexibility index (Phi) is 3.79. The zero-order chi connectivity index (χ0) is 11.2. The molecule has 6 heteroatoms. The Morgan fingerprint density at radius 1 is 1.50 bits per heavy atom. The molecular formula is C10H14N4O2. The molecule has 0 bridgehead atoms. The number of hydrogen-bond donors (Lipinski definition) is 1. The maximum absolute atomic E-state index is 11.6. The second-order valence-electron chi connectivity index (χ2n) is 3.49. The van der Waals surface area contributed by atoms with Gasteiger partial charge in [0.1, 0.15) is 12.0 Å². The molecule has 6 nitrogen and oxygen atoms in total. The van der Waals surface area contributed by atoms with Crippen molar-refractivity contribution in [2.45, 2.75) is 0 Å². The molecule has 16 heavy (non-hydrogen) atoms. The molecule has 1 fully saturated rings. The van der Waals surface area contributed by atoms with Gasteiger partial charge >= 0.3 is 0 Å². The lowest BCUT2D eigenvalue weighted by molar-refractivity contribution is 0.0334. The van der Waals surface area contributed by atoms with Gasteiger partial charge in [0.2, 0.25) is 0 Å². The van der Waals surface area contributed by atoms with Crippen molar-refractivity contribution in [2.75, 3.05) is 33.0 Å². The lowest BCUT2D eigenvalue weighted by Gasteiger charge is -2.26. The van der Waals surface area contributed by atoms with E-state index in [-0.39, 0.29) is 5.91 Å². The molecule has 1 aliphatic rings. The summed E-state index contributed by atoms with van der Waals surface area (Å²) in [6.45, 7) is 3.69. The fraction of sp³-hybridized carbons (Fsp3) is 0.500. The number of ether oxygens (including phenoxy) is 1. The third-order valence-corrected chi connectivity index (χ3v) is 2.38. The molecule has 0 aliphatic carbocycles. The van der Waals surface area contributed by atoms with Gasteiger partial charge in [-0.15, -0.1) is 0 Å². The van der Waals surface area contributed by atoms with Gasteiger partial charge in [0.25, 0.3) is 5.91 Å². The first kappa shape index (κ1) is 11.0. The molecule has 0 unspecified atom stereocenters. The Morgan fingerprint density at radius 3 is 3.00 bits per heavy atom. The summed E-state index contributed by atoms with van der Waals surface area (Å²) < 4.78 is 5.22. The summed E-state index contributed by atoms with van der Waals surface area (Å²) >= 11 is 0.